The van der Waals surface area contributed by atoms with E-state index >= 15 is 0 Å². The Balaban J connectivity index is 2.37. The fourth-order valence-corrected chi connectivity index (χ4v) is 1.57. The molecule has 1 aromatic rings. The minimum Gasteiger partial charge on any atom is -0.339 e. The van der Waals surface area contributed by atoms with E-state index in [2.05, 4.69) is 28.9 Å². The minimum atomic E-state index is 0.146. The first-order chi connectivity index (χ1) is 8.15. The Morgan fingerprint density at radius 3 is 2.59 bits per heavy atom. The summed E-state index contributed by atoms with van der Waals surface area (Å²) in [6.45, 7) is 8.85. The molecule has 96 valence electrons. The predicted molar refractivity (Wildman–Crippen MR) is 64.8 cm³/mol. The summed E-state index contributed by atoms with van der Waals surface area (Å²) in [5.74, 6) is 1.44. The largest absolute Gasteiger partial charge is 0.339 e. The number of nitrogens with zero attached hydrogens (tertiary/aromatic N) is 3. The van der Waals surface area contributed by atoms with Crippen molar-refractivity contribution in [1.29, 1.82) is 0 Å². The molecule has 0 spiro atoms. The van der Waals surface area contributed by atoms with Crippen molar-refractivity contribution in [2.45, 2.75) is 40.0 Å². The van der Waals surface area contributed by atoms with E-state index in [1.807, 2.05) is 0 Å². The Hall–Kier alpha value is -1.23. The molecule has 0 aliphatic heterocycles. The molecule has 5 nitrogen and oxygen atoms in total. The maximum Gasteiger partial charge on any atom is 0.227 e. The van der Waals surface area contributed by atoms with Crippen LogP contribution in [0.25, 0.3) is 0 Å². The van der Waals surface area contributed by atoms with Gasteiger partial charge in [-0.2, -0.15) is 4.98 Å². The lowest BCUT2D eigenvalue weighted by Gasteiger charge is -2.16. The predicted octanol–water partition coefficient (Wildman–Crippen LogP) is 1.48. The number of likely N-dealkylation sites (N-methyl/N-ethyl adjacent to an activating group) is 1. The summed E-state index contributed by atoms with van der Waals surface area (Å²) in [6, 6.07) is 0. The molecule has 0 fully saturated rings. The molecule has 0 bridgehead atoms. The van der Waals surface area contributed by atoms with Crippen LogP contribution in [-0.4, -0.2) is 40.5 Å². The number of hydrogen-bond donors (Lipinski definition) is 0. The Bertz CT molecular complexity index is 345. The highest BCUT2D eigenvalue weighted by molar-refractivity contribution is 5.75. The van der Waals surface area contributed by atoms with Crippen LogP contribution in [0.15, 0.2) is 4.52 Å². The van der Waals surface area contributed by atoms with E-state index in [1.54, 1.807) is 6.92 Å². The molecule has 0 saturated heterocycles. The van der Waals surface area contributed by atoms with Crippen molar-refractivity contribution in [2.75, 3.05) is 19.6 Å². The van der Waals surface area contributed by atoms with Crippen molar-refractivity contribution in [1.82, 2.24) is 15.0 Å². The van der Waals surface area contributed by atoms with Crippen molar-refractivity contribution in [3.63, 3.8) is 0 Å². The molecule has 0 aliphatic carbocycles. The number of hydrogen-bond acceptors (Lipinski definition) is 5. The average molecular weight is 239 g/mol. The second-order valence-electron chi connectivity index (χ2n) is 4.08. The molecule has 0 aromatic carbocycles. The summed E-state index contributed by atoms with van der Waals surface area (Å²) in [6.07, 6.45) is 1.82. The van der Waals surface area contributed by atoms with E-state index in [0.29, 0.717) is 18.7 Å². The molecule has 1 rings (SSSR count). The fraction of sp³-hybridized carbons (Fsp3) is 0.750. The summed E-state index contributed by atoms with van der Waals surface area (Å²) >= 11 is 0. The first kappa shape index (κ1) is 13.8. The Morgan fingerprint density at radius 1 is 1.29 bits per heavy atom. The van der Waals surface area contributed by atoms with Crippen LogP contribution in [0.3, 0.4) is 0 Å². The molecule has 0 radical (unpaired) electrons. The quantitative estimate of drug-likeness (QED) is 0.687. The number of ketones is 1. The molecular formula is C12H21N3O2. The lowest BCUT2D eigenvalue weighted by atomic mass is 10.2. The molecule has 1 aromatic heterocycles. The van der Waals surface area contributed by atoms with Crippen molar-refractivity contribution < 1.29 is 9.32 Å². The standard InChI is InChI=1S/C12H21N3O2/c1-4-15(5-2)9-8-11-13-12(17-14-11)7-6-10(3)16/h4-9H2,1-3H3. The minimum absolute atomic E-state index is 0.146. The van der Waals surface area contributed by atoms with Crippen molar-refractivity contribution in [3.8, 4) is 0 Å². The summed E-state index contributed by atoms with van der Waals surface area (Å²) in [5, 5.41) is 3.91. The number of aromatic nitrogens is 2. The first-order valence-corrected chi connectivity index (χ1v) is 6.19. The zero-order valence-electron chi connectivity index (χ0n) is 10.9. The summed E-state index contributed by atoms with van der Waals surface area (Å²) < 4.78 is 5.08. The third kappa shape index (κ3) is 5.08. The van der Waals surface area contributed by atoms with Gasteiger partial charge in [0.25, 0.3) is 0 Å². The van der Waals surface area contributed by atoms with Gasteiger partial charge in [0.1, 0.15) is 5.78 Å². The topological polar surface area (TPSA) is 59.2 Å². The highest BCUT2D eigenvalue weighted by Gasteiger charge is 2.08. The number of carbonyl (C=O) groups excluding carboxylic acids is 1. The third-order valence-corrected chi connectivity index (χ3v) is 2.75. The van der Waals surface area contributed by atoms with Crippen LogP contribution in [0, 0.1) is 0 Å². The van der Waals surface area contributed by atoms with Crippen LogP contribution in [0.5, 0.6) is 0 Å². The molecule has 5 heteroatoms. The molecule has 0 amide bonds. The van der Waals surface area contributed by atoms with E-state index in [-0.39, 0.29) is 5.78 Å². The molecule has 0 atom stereocenters. The normalized spacial score (nSPS) is 11.1. The van der Waals surface area contributed by atoms with Gasteiger partial charge in [-0.15, -0.1) is 0 Å². The highest BCUT2D eigenvalue weighted by Crippen LogP contribution is 2.03. The molecule has 0 aliphatic rings. The van der Waals surface area contributed by atoms with Gasteiger partial charge in [0, 0.05) is 25.8 Å². The molecule has 1 heterocycles. The lowest BCUT2D eigenvalue weighted by molar-refractivity contribution is -0.117. The number of Topliss-reactive ketones (excluding diaryl/α,β-unsaturated/α-hetero) is 1. The van der Waals surface area contributed by atoms with Gasteiger partial charge in [0.15, 0.2) is 5.82 Å². The Morgan fingerprint density at radius 2 is 2.00 bits per heavy atom. The first-order valence-electron chi connectivity index (χ1n) is 6.19. The maximum atomic E-state index is 10.8. The number of rotatable bonds is 8. The van der Waals surface area contributed by atoms with E-state index in [0.717, 1.165) is 31.9 Å². The Kier molecular flexibility index (Phi) is 5.83. The van der Waals surface area contributed by atoms with Gasteiger partial charge in [-0.3, -0.25) is 0 Å². The lowest BCUT2D eigenvalue weighted by Crippen LogP contribution is -2.25. The van der Waals surface area contributed by atoms with E-state index in [4.69, 9.17) is 4.52 Å². The maximum absolute atomic E-state index is 10.8. The smallest absolute Gasteiger partial charge is 0.227 e. The van der Waals surface area contributed by atoms with Gasteiger partial charge in [-0.05, 0) is 20.0 Å². The molecule has 0 N–H and O–H groups in total. The van der Waals surface area contributed by atoms with Gasteiger partial charge in [-0.1, -0.05) is 19.0 Å². The summed E-state index contributed by atoms with van der Waals surface area (Å²) in [5.41, 5.74) is 0. The van der Waals surface area contributed by atoms with Gasteiger partial charge in [0.2, 0.25) is 5.89 Å². The van der Waals surface area contributed by atoms with Crippen LogP contribution >= 0.6 is 0 Å². The third-order valence-electron chi connectivity index (χ3n) is 2.75. The number of carbonyl (C=O) groups is 1. The molecule has 0 saturated carbocycles. The van der Waals surface area contributed by atoms with Crippen LogP contribution in [0.4, 0.5) is 0 Å². The monoisotopic (exact) mass is 239 g/mol. The van der Waals surface area contributed by atoms with Crippen LogP contribution in [0.1, 0.15) is 38.9 Å². The highest BCUT2D eigenvalue weighted by atomic mass is 16.5. The van der Waals surface area contributed by atoms with Gasteiger partial charge in [-0.25, -0.2) is 0 Å². The Labute approximate surface area is 102 Å². The molecular weight excluding hydrogens is 218 g/mol. The van der Waals surface area contributed by atoms with Crippen molar-refractivity contribution in [2.24, 2.45) is 0 Å². The van der Waals surface area contributed by atoms with E-state index in [1.165, 1.54) is 0 Å². The van der Waals surface area contributed by atoms with Crippen molar-refractivity contribution in [3.05, 3.63) is 11.7 Å². The van der Waals surface area contributed by atoms with E-state index < -0.39 is 0 Å². The fourth-order valence-electron chi connectivity index (χ4n) is 1.57. The van der Waals surface area contributed by atoms with Crippen LogP contribution in [0.2, 0.25) is 0 Å². The van der Waals surface area contributed by atoms with Crippen LogP contribution < -0.4 is 0 Å². The van der Waals surface area contributed by atoms with Gasteiger partial charge in [0.05, 0.1) is 0 Å². The zero-order valence-corrected chi connectivity index (χ0v) is 10.9. The van der Waals surface area contributed by atoms with Crippen LogP contribution in [-0.2, 0) is 17.6 Å². The zero-order chi connectivity index (χ0) is 12.7. The van der Waals surface area contributed by atoms with E-state index in [9.17, 15) is 4.79 Å². The van der Waals surface area contributed by atoms with Gasteiger partial charge >= 0.3 is 0 Å². The second kappa shape index (κ2) is 7.17. The van der Waals surface area contributed by atoms with Gasteiger partial charge < -0.3 is 14.2 Å². The average Bonchev–Trinajstić information content (AvgIpc) is 2.76. The second-order valence-corrected chi connectivity index (χ2v) is 4.08. The summed E-state index contributed by atoms with van der Waals surface area (Å²) in [4.78, 5) is 17.4. The summed E-state index contributed by atoms with van der Waals surface area (Å²) in [7, 11) is 0. The van der Waals surface area contributed by atoms with Crippen molar-refractivity contribution >= 4 is 5.78 Å². The molecule has 17 heavy (non-hydrogen) atoms. The SMILES string of the molecule is CCN(CC)CCc1noc(CCC(C)=O)n1. The molecule has 0 unspecified atom stereocenters. The number of aryl methyl sites for hydroxylation is 1.